The molecule has 1 atom stereocenters. The van der Waals surface area contributed by atoms with Crippen LogP contribution in [0.3, 0.4) is 0 Å². The molecule has 1 amide bonds. The minimum absolute atomic E-state index is 0.180. The molecule has 1 aromatic heterocycles. The smallest absolute Gasteiger partial charge is 0.248 e. The molecule has 0 radical (unpaired) electrons. The summed E-state index contributed by atoms with van der Waals surface area (Å²) >= 11 is 0. The Morgan fingerprint density at radius 1 is 1.12 bits per heavy atom. The van der Waals surface area contributed by atoms with E-state index in [9.17, 15) is 9.90 Å². The molecule has 2 heterocycles. The SMILES string of the molecule is CCN(CC)C[C@@H](O)CN1CCN(c2ccc(NC(=O)/C=C/c3ccccc3)cn2)CC1. The number of aliphatic hydroxyl groups is 1. The molecule has 1 aliphatic rings. The van der Waals surface area contributed by atoms with E-state index in [-0.39, 0.29) is 12.0 Å². The first-order valence-corrected chi connectivity index (χ1v) is 11.4. The van der Waals surface area contributed by atoms with Gasteiger partial charge in [0, 0.05) is 45.3 Å². The van der Waals surface area contributed by atoms with Crippen LogP contribution in [0.1, 0.15) is 19.4 Å². The summed E-state index contributed by atoms with van der Waals surface area (Å²) in [6.45, 7) is 11.2. The first kappa shape index (κ1) is 23.9. The Bertz CT molecular complexity index is 844. The molecule has 1 fully saturated rings. The fourth-order valence-corrected chi connectivity index (χ4v) is 3.86. The van der Waals surface area contributed by atoms with Gasteiger partial charge in [-0.2, -0.15) is 0 Å². The molecule has 2 aromatic rings. The molecule has 0 bridgehead atoms. The summed E-state index contributed by atoms with van der Waals surface area (Å²) in [5.41, 5.74) is 1.66. The maximum Gasteiger partial charge on any atom is 0.248 e. The third kappa shape index (κ3) is 7.44. The largest absolute Gasteiger partial charge is 0.390 e. The molecule has 2 N–H and O–H groups in total. The number of aliphatic hydroxyl groups excluding tert-OH is 1. The number of piperazine rings is 1. The third-order valence-electron chi connectivity index (χ3n) is 5.77. The zero-order valence-electron chi connectivity index (χ0n) is 19.2. The van der Waals surface area contributed by atoms with Crippen molar-refractivity contribution in [1.29, 1.82) is 0 Å². The van der Waals surface area contributed by atoms with Crippen molar-refractivity contribution in [3.63, 3.8) is 0 Å². The Morgan fingerprint density at radius 3 is 2.47 bits per heavy atom. The second kappa shape index (κ2) is 12.3. The third-order valence-corrected chi connectivity index (χ3v) is 5.77. The number of anilines is 2. The molecule has 32 heavy (non-hydrogen) atoms. The number of hydrogen-bond donors (Lipinski definition) is 2. The average molecular weight is 438 g/mol. The molecule has 7 heteroatoms. The molecular formula is C25H35N5O2. The minimum Gasteiger partial charge on any atom is -0.390 e. The van der Waals surface area contributed by atoms with Crippen LogP contribution in [-0.4, -0.2) is 84.3 Å². The molecule has 3 rings (SSSR count). The number of benzene rings is 1. The second-order valence-corrected chi connectivity index (χ2v) is 8.07. The van der Waals surface area contributed by atoms with E-state index in [4.69, 9.17) is 0 Å². The molecule has 0 saturated carbocycles. The summed E-state index contributed by atoms with van der Waals surface area (Å²) in [6, 6.07) is 13.6. The first-order chi connectivity index (χ1) is 15.6. The van der Waals surface area contributed by atoms with Crippen molar-refractivity contribution >= 4 is 23.5 Å². The Labute approximate surface area is 191 Å². The molecule has 1 aliphatic heterocycles. The Kier molecular flexibility index (Phi) is 9.22. The van der Waals surface area contributed by atoms with Crippen molar-refractivity contribution in [3.05, 3.63) is 60.3 Å². The molecule has 0 unspecified atom stereocenters. The number of aromatic nitrogens is 1. The highest BCUT2D eigenvalue weighted by Crippen LogP contribution is 2.16. The number of rotatable bonds is 10. The van der Waals surface area contributed by atoms with Crippen molar-refractivity contribution in [1.82, 2.24) is 14.8 Å². The van der Waals surface area contributed by atoms with Crippen LogP contribution in [0.5, 0.6) is 0 Å². The normalized spacial score (nSPS) is 15.9. The Balaban J connectivity index is 1.43. The van der Waals surface area contributed by atoms with Crippen LogP contribution in [0, 0.1) is 0 Å². The van der Waals surface area contributed by atoms with Crippen LogP contribution in [0.25, 0.3) is 6.08 Å². The van der Waals surface area contributed by atoms with Crippen molar-refractivity contribution in [2.75, 3.05) is 62.6 Å². The zero-order valence-corrected chi connectivity index (χ0v) is 19.2. The predicted molar refractivity (Wildman–Crippen MR) is 131 cm³/mol. The van der Waals surface area contributed by atoms with Crippen LogP contribution in [0.15, 0.2) is 54.7 Å². The number of carbonyl (C=O) groups excluding carboxylic acids is 1. The number of nitrogens with one attached hydrogen (secondary N) is 1. The molecule has 1 aromatic carbocycles. The summed E-state index contributed by atoms with van der Waals surface area (Å²) in [5.74, 6) is 0.728. The number of pyridine rings is 1. The monoisotopic (exact) mass is 437 g/mol. The number of likely N-dealkylation sites (N-methyl/N-ethyl adjacent to an activating group) is 1. The molecule has 172 valence electrons. The Hall–Kier alpha value is -2.74. The fraction of sp³-hybridized carbons (Fsp3) is 0.440. The summed E-state index contributed by atoms with van der Waals surface area (Å²) in [6.07, 6.45) is 4.69. The van der Waals surface area contributed by atoms with E-state index in [1.54, 1.807) is 12.3 Å². The van der Waals surface area contributed by atoms with Gasteiger partial charge in [-0.1, -0.05) is 44.2 Å². The van der Waals surface area contributed by atoms with Gasteiger partial charge in [-0.25, -0.2) is 4.98 Å². The Morgan fingerprint density at radius 2 is 1.84 bits per heavy atom. The van der Waals surface area contributed by atoms with Gasteiger partial charge in [0.05, 0.1) is 18.0 Å². The van der Waals surface area contributed by atoms with Gasteiger partial charge >= 0.3 is 0 Å². The molecule has 1 saturated heterocycles. The maximum absolute atomic E-state index is 12.1. The summed E-state index contributed by atoms with van der Waals surface area (Å²) in [7, 11) is 0. The highest BCUT2D eigenvalue weighted by molar-refractivity contribution is 6.01. The van der Waals surface area contributed by atoms with Gasteiger partial charge in [0.15, 0.2) is 0 Å². The lowest BCUT2D eigenvalue weighted by Gasteiger charge is -2.36. The van der Waals surface area contributed by atoms with Crippen molar-refractivity contribution < 1.29 is 9.90 Å². The second-order valence-electron chi connectivity index (χ2n) is 8.07. The fourth-order valence-electron chi connectivity index (χ4n) is 3.86. The molecule has 0 aliphatic carbocycles. The van der Waals surface area contributed by atoms with Crippen LogP contribution in [-0.2, 0) is 4.79 Å². The van der Waals surface area contributed by atoms with E-state index in [0.717, 1.165) is 57.2 Å². The van der Waals surface area contributed by atoms with Crippen LogP contribution in [0.4, 0.5) is 11.5 Å². The molecular weight excluding hydrogens is 402 g/mol. The van der Waals surface area contributed by atoms with Gasteiger partial charge in [0.25, 0.3) is 0 Å². The van der Waals surface area contributed by atoms with Crippen LogP contribution in [0.2, 0.25) is 0 Å². The van der Waals surface area contributed by atoms with Gasteiger partial charge < -0.3 is 20.2 Å². The average Bonchev–Trinajstić information content (AvgIpc) is 2.83. The van der Waals surface area contributed by atoms with E-state index in [0.29, 0.717) is 12.2 Å². The van der Waals surface area contributed by atoms with E-state index >= 15 is 0 Å². The van der Waals surface area contributed by atoms with Gasteiger partial charge in [0.2, 0.25) is 5.91 Å². The van der Waals surface area contributed by atoms with Crippen molar-refractivity contribution in [3.8, 4) is 0 Å². The molecule has 0 spiro atoms. The van der Waals surface area contributed by atoms with Gasteiger partial charge in [-0.3, -0.25) is 9.69 Å². The highest BCUT2D eigenvalue weighted by Gasteiger charge is 2.21. The first-order valence-electron chi connectivity index (χ1n) is 11.4. The maximum atomic E-state index is 12.1. The zero-order chi connectivity index (χ0) is 22.8. The standard InChI is InChI=1S/C25H35N5O2/c1-3-28(4-2)19-23(31)20-29-14-16-30(17-15-29)24-12-11-22(18-26-24)27-25(32)13-10-21-8-6-5-7-9-21/h5-13,18,23,31H,3-4,14-17,19-20H2,1-2H3,(H,27,32)/b13-10+/t23-/m1/s1. The highest BCUT2D eigenvalue weighted by atomic mass is 16.3. The quantitative estimate of drug-likeness (QED) is 0.557. The summed E-state index contributed by atoms with van der Waals surface area (Å²) < 4.78 is 0. The van der Waals surface area contributed by atoms with Gasteiger partial charge in [-0.05, 0) is 36.9 Å². The van der Waals surface area contributed by atoms with Crippen LogP contribution >= 0.6 is 0 Å². The summed E-state index contributed by atoms with van der Waals surface area (Å²) in [5, 5.41) is 13.2. The lowest BCUT2D eigenvalue weighted by atomic mass is 10.2. The predicted octanol–water partition coefficient (Wildman–Crippen LogP) is 2.56. The number of carbonyl (C=O) groups is 1. The van der Waals surface area contributed by atoms with Crippen molar-refractivity contribution in [2.45, 2.75) is 20.0 Å². The number of nitrogens with zero attached hydrogens (tertiary/aromatic N) is 4. The minimum atomic E-state index is -0.321. The van der Waals surface area contributed by atoms with Crippen molar-refractivity contribution in [2.24, 2.45) is 0 Å². The number of β-amino-alcohol motifs (C(OH)–C–C–N with tert-alkyl or cyclic N) is 1. The topological polar surface area (TPSA) is 71.9 Å². The van der Waals surface area contributed by atoms with E-state index in [1.165, 1.54) is 6.08 Å². The van der Waals surface area contributed by atoms with E-state index in [1.807, 2.05) is 42.5 Å². The van der Waals surface area contributed by atoms with E-state index < -0.39 is 0 Å². The summed E-state index contributed by atoms with van der Waals surface area (Å²) in [4.78, 5) is 23.5. The lowest BCUT2D eigenvalue weighted by molar-refractivity contribution is -0.111. The lowest BCUT2D eigenvalue weighted by Crippen LogP contribution is -2.50. The van der Waals surface area contributed by atoms with E-state index in [2.05, 4.69) is 38.8 Å². The van der Waals surface area contributed by atoms with Crippen LogP contribution < -0.4 is 10.2 Å². The van der Waals surface area contributed by atoms with Gasteiger partial charge in [-0.15, -0.1) is 0 Å². The molecule has 7 nitrogen and oxygen atoms in total. The van der Waals surface area contributed by atoms with Gasteiger partial charge in [0.1, 0.15) is 5.82 Å². The number of amides is 1. The number of hydrogen-bond acceptors (Lipinski definition) is 6.